The smallest absolute Gasteiger partial charge is 0.338 e. The second-order valence-corrected chi connectivity index (χ2v) is 13.1. The number of unbranched alkanes of at least 4 members (excludes halogenated alkanes) is 22. The van der Waals surface area contributed by atoms with Gasteiger partial charge in [0, 0.05) is 6.42 Å². The number of carbonyl (C=O) groups excluding carboxylic acids is 2. The van der Waals surface area contributed by atoms with Crippen molar-refractivity contribution in [3.05, 3.63) is 23.8 Å². The molecule has 0 aliphatic carbocycles. The molecule has 6 nitrogen and oxygen atoms in total. The molecule has 0 heterocycles. The summed E-state index contributed by atoms with van der Waals surface area (Å²) < 4.78 is 32.1. The summed E-state index contributed by atoms with van der Waals surface area (Å²) in [5.74, 6) is -0.876. The summed E-state index contributed by atoms with van der Waals surface area (Å²) in [7, 11) is 0. The highest BCUT2D eigenvalue weighted by molar-refractivity contribution is 7.79. The maximum absolute atomic E-state index is 12.6. The van der Waals surface area contributed by atoms with E-state index in [1.807, 2.05) is 0 Å². The Labute approximate surface area is 265 Å². The van der Waals surface area contributed by atoms with Crippen LogP contribution < -0.4 is 4.74 Å². The van der Waals surface area contributed by atoms with Gasteiger partial charge in [-0.2, -0.15) is 0 Å². The SMILES string of the molecule is CCCCCCCCCCCCCCOC(=O)c1cc(OC(=O)CCCCCCCCCCCCCC)cc(S(=O)O)c1. The molecule has 43 heavy (non-hydrogen) atoms. The molecule has 248 valence electrons. The van der Waals surface area contributed by atoms with Crippen molar-refractivity contribution in [3.8, 4) is 5.75 Å². The van der Waals surface area contributed by atoms with Gasteiger partial charge in [0.2, 0.25) is 0 Å². The van der Waals surface area contributed by atoms with E-state index in [0.29, 0.717) is 6.61 Å². The van der Waals surface area contributed by atoms with Crippen molar-refractivity contribution in [3.63, 3.8) is 0 Å². The van der Waals surface area contributed by atoms with Crippen LogP contribution in [0.15, 0.2) is 23.1 Å². The molecule has 0 aliphatic rings. The largest absolute Gasteiger partial charge is 0.462 e. The van der Waals surface area contributed by atoms with Crippen LogP contribution in [0.4, 0.5) is 0 Å². The summed E-state index contributed by atoms with van der Waals surface area (Å²) in [5, 5.41) is 0. The van der Waals surface area contributed by atoms with E-state index in [0.717, 1.165) is 38.5 Å². The molecule has 0 aromatic heterocycles. The Morgan fingerprint density at radius 2 is 1.02 bits per heavy atom. The number of carbonyl (C=O) groups is 2. The Kier molecular flexibility index (Phi) is 25.4. The van der Waals surface area contributed by atoms with Crippen LogP contribution in [-0.4, -0.2) is 27.3 Å². The number of hydrogen-bond donors (Lipinski definition) is 1. The van der Waals surface area contributed by atoms with E-state index in [2.05, 4.69) is 13.8 Å². The highest BCUT2D eigenvalue weighted by Crippen LogP contribution is 2.22. The Morgan fingerprint density at radius 1 is 0.605 bits per heavy atom. The lowest BCUT2D eigenvalue weighted by molar-refractivity contribution is -0.134. The van der Waals surface area contributed by atoms with Crippen molar-refractivity contribution in [1.82, 2.24) is 0 Å². The van der Waals surface area contributed by atoms with Crippen molar-refractivity contribution >= 4 is 23.0 Å². The van der Waals surface area contributed by atoms with Crippen LogP contribution in [0.2, 0.25) is 0 Å². The van der Waals surface area contributed by atoms with Crippen molar-refractivity contribution in [2.45, 2.75) is 179 Å². The van der Waals surface area contributed by atoms with Gasteiger partial charge >= 0.3 is 11.9 Å². The molecule has 0 bridgehead atoms. The van der Waals surface area contributed by atoms with Crippen LogP contribution in [0.3, 0.4) is 0 Å². The second kappa shape index (κ2) is 27.8. The molecule has 0 fully saturated rings. The van der Waals surface area contributed by atoms with Gasteiger partial charge < -0.3 is 14.0 Å². The van der Waals surface area contributed by atoms with E-state index in [9.17, 15) is 18.4 Å². The monoisotopic (exact) mass is 622 g/mol. The third-order valence-corrected chi connectivity index (χ3v) is 8.65. The number of rotatable bonds is 29. The molecule has 0 amide bonds. The van der Waals surface area contributed by atoms with E-state index in [-0.39, 0.29) is 22.6 Å². The fourth-order valence-corrected chi connectivity index (χ4v) is 5.78. The molecule has 1 rings (SSSR count). The first-order valence-corrected chi connectivity index (χ1v) is 18.7. The number of benzene rings is 1. The zero-order valence-corrected chi connectivity index (χ0v) is 28.3. The minimum atomic E-state index is -2.31. The maximum atomic E-state index is 12.6. The predicted octanol–water partition coefficient (Wildman–Crippen LogP) is 11.1. The Bertz CT molecular complexity index is 871. The van der Waals surface area contributed by atoms with Gasteiger partial charge in [-0.25, -0.2) is 9.00 Å². The molecular weight excluding hydrogens is 560 g/mol. The third kappa shape index (κ3) is 22.4. The summed E-state index contributed by atoms with van der Waals surface area (Å²) in [6.45, 7) is 4.79. The number of esters is 2. The zero-order chi connectivity index (χ0) is 31.4. The summed E-state index contributed by atoms with van der Waals surface area (Å²) in [6, 6.07) is 4.07. The Morgan fingerprint density at radius 3 is 1.47 bits per heavy atom. The molecule has 1 N–H and O–H groups in total. The first-order valence-electron chi connectivity index (χ1n) is 17.6. The van der Waals surface area contributed by atoms with Gasteiger partial charge in [-0.1, -0.05) is 155 Å². The number of hydrogen-bond acceptors (Lipinski definition) is 5. The normalized spacial score (nSPS) is 11.9. The highest BCUT2D eigenvalue weighted by atomic mass is 32.2. The predicted molar refractivity (Wildman–Crippen MR) is 178 cm³/mol. The molecule has 7 heteroatoms. The van der Waals surface area contributed by atoms with Crippen LogP contribution in [0, 0.1) is 0 Å². The molecule has 0 radical (unpaired) electrons. The molecular formula is C36H62O6S. The van der Waals surface area contributed by atoms with Crippen LogP contribution in [0.25, 0.3) is 0 Å². The Balaban J connectivity index is 2.24. The van der Waals surface area contributed by atoms with Crippen LogP contribution in [0.1, 0.15) is 185 Å². The lowest BCUT2D eigenvalue weighted by Crippen LogP contribution is -2.11. The van der Waals surface area contributed by atoms with Gasteiger partial charge in [-0.3, -0.25) is 4.79 Å². The summed E-state index contributed by atoms with van der Waals surface area (Å²) >= 11 is -2.31. The van der Waals surface area contributed by atoms with Crippen molar-refractivity contribution in [1.29, 1.82) is 0 Å². The third-order valence-electron chi connectivity index (χ3n) is 8.01. The minimum absolute atomic E-state index is 0.00739. The van der Waals surface area contributed by atoms with Crippen molar-refractivity contribution < 1.29 is 27.8 Å². The Hall–Kier alpha value is -1.73. The maximum Gasteiger partial charge on any atom is 0.338 e. The topological polar surface area (TPSA) is 89.9 Å². The standard InChI is InChI=1S/C36H62O6S/c1-3-5-7-9-11-13-15-17-19-21-23-25-27-35(37)42-33-29-32(30-34(31-33)43(39)40)36(38)41-28-26-24-22-20-18-16-14-12-10-8-6-4-2/h29-31H,3-28H2,1-2H3,(H,39,40). The minimum Gasteiger partial charge on any atom is -0.462 e. The second-order valence-electron chi connectivity index (χ2n) is 12.1. The average Bonchev–Trinajstić information content (AvgIpc) is 2.99. The van der Waals surface area contributed by atoms with E-state index in [4.69, 9.17) is 9.47 Å². The molecule has 0 saturated carbocycles. The molecule has 1 atom stereocenters. The molecule has 1 aromatic rings. The summed E-state index contributed by atoms with van der Waals surface area (Å²) in [4.78, 5) is 25.0. The first-order chi connectivity index (χ1) is 21.0. The zero-order valence-electron chi connectivity index (χ0n) is 27.5. The van der Waals surface area contributed by atoms with Gasteiger partial charge in [0.1, 0.15) is 5.75 Å². The lowest BCUT2D eigenvalue weighted by Gasteiger charge is -2.09. The van der Waals surface area contributed by atoms with Crippen molar-refractivity contribution in [2.24, 2.45) is 0 Å². The molecule has 1 unspecified atom stereocenters. The quantitative estimate of drug-likeness (QED) is 0.0414. The molecule has 1 aromatic carbocycles. The first kappa shape index (κ1) is 39.3. The van der Waals surface area contributed by atoms with Crippen LogP contribution in [-0.2, 0) is 20.6 Å². The lowest BCUT2D eigenvalue weighted by atomic mass is 10.0. The van der Waals surface area contributed by atoms with Gasteiger partial charge in [-0.15, -0.1) is 0 Å². The van der Waals surface area contributed by atoms with E-state index < -0.39 is 23.0 Å². The average molecular weight is 623 g/mol. The van der Waals surface area contributed by atoms with Crippen LogP contribution in [0.5, 0.6) is 5.75 Å². The van der Waals surface area contributed by atoms with E-state index in [1.165, 1.54) is 134 Å². The number of ether oxygens (including phenoxy) is 2. The fraction of sp³-hybridized carbons (Fsp3) is 0.778. The van der Waals surface area contributed by atoms with Crippen LogP contribution >= 0.6 is 0 Å². The fourth-order valence-electron chi connectivity index (χ4n) is 5.33. The van der Waals surface area contributed by atoms with Gasteiger partial charge in [0.15, 0.2) is 11.1 Å². The molecule has 0 aliphatic heterocycles. The van der Waals surface area contributed by atoms with E-state index in [1.54, 1.807) is 0 Å². The van der Waals surface area contributed by atoms with E-state index >= 15 is 0 Å². The molecule has 0 saturated heterocycles. The van der Waals surface area contributed by atoms with Gasteiger partial charge in [-0.05, 0) is 31.0 Å². The highest BCUT2D eigenvalue weighted by Gasteiger charge is 2.15. The van der Waals surface area contributed by atoms with Gasteiger partial charge in [0.05, 0.1) is 17.1 Å². The van der Waals surface area contributed by atoms with Gasteiger partial charge in [0.25, 0.3) is 0 Å². The van der Waals surface area contributed by atoms with Crippen molar-refractivity contribution in [2.75, 3.05) is 6.61 Å². The summed E-state index contributed by atoms with van der Waals surface area (Å²) in [6.07, 6.45) is 29.6. The molecule has 0 spiro atoms. The summed E-state index contributed by atoms with van der Waals surface area (Å²) in [5.41, 5.74) is 0.118.